The monoisotopic (exact) mass is 693 g/mol. The maximum atomic E-state index is 14.4. The van der Waals surface area contributed by atoms with Crippen molar-refractivity contribution in [3.63, 3.8) is 0 Å². The van der Waals surface area contributed by atoms with Crippen molar-refractivity contribution in [1.82, 2.24) is 13.5 Å². The van der Waals surface area contributed by atoms with Gasteiger partial charge in [-0.3, -0.25) is 0 Å². The fourth-order valence-electron chi connectivity index (χ4n) is 7.60. The second kappa shape index (κ2) is 15.8. The Morgan fingerprint density at radius 1 is 0.826 bits per heavy atom. The Balaban J connectivity index is 1.38. The van der Waals surface area contributed by atoms with E-state index in [1.54, 1.807) is 21.0 Å². The Morgan fingerprint density at radius 3 is 2.22 bits per heavy atom. The van der Waals surface area contributed by atoms with E-state index in [0.29, 0.717) is 55.6 Å². The average Bonchev–Trinajstić information content (AvgIpc) is 3.03. The van der Waals surface area contributed by atoms with Crippen LogP contribution in [0.2, 0.25) is 5.02 Å². The Hall–Kier alpha value is -1.56. The largest absolute Gasteiger partial charge is 0.447 e. The van der Waals surface area contributed by atoms with E-state index in [1.807, 2.05) is 37.3 Å². The topological polar surface area (TPSA) is 81.9 Å². The molecule has 11 heteroatoms. The average molecular weight is 694 g/mol. The van der Waals surface area contributed by atoms with Gasteiger partial charge >= 0.3 is 10.2 Å². The first kappa shape index (κ1) is 35.7. The smallest absolute Gasteiger partial charge is 0.303 e. The fourth-order valence-corrected chi connectivity index (χ4v) is 11.4. The summed E-state index contributed by atoms with van der Waals surface area (Å²) in [5.41, 5.74) is 3.28. The van der Waals surface area contributed by atoms with Crippen LogP contribution in [0.3, 0.4) is 0 Å². The summed E-state index contributed by atoms with van der Waals surface area (Å²) in [5.74, 6) is 0.962. The van der Waals surface area contributed by atoms with Crippen LogP contribution in [0.5, 0.6) is 0 Å². The van der Waals surface area contributed by atoms with E-state index < -0.39 is 25.5 Å². The van der Waals surface area contributed by atoms with E-state index in [0.717, 1.165) is 49.2 Å². The molecular formula is C35H54ClN4O4S2+. The van der Waals surface area contributed by atoms with E-state index >= 15 is 0 Å². The molecule has 0 amide bonds. The fraction of sp³-hybridized carbons (Fsp3) is 0.686. The lowest BCUT2D eigenvalue weighted by atomic mass is 9.89. The zero-order valence-corrected chi connectivity index (χ0v) is 30.4. The van der Waals surface area contributed by atoms with Gasteiger partial charge in [-0.25, -0.2) is 8.42 Å². The molecule has 0 spiro atoms. The molecule has 2 aliphatic carbocycles. The summed E-state index contributed by atoms with van der Waals surface area (Å²) in [6.07, 6.45) is 13.3. The Kier molecular flexibility index (Phi) is 12.3. The second-order valence-electron chi connectivity index (χ2n) is 14.1. The molecule has 2 atom stereocenters. The third-order valence-corrected chi connectivity index (χ3v) is 14.9. The number of halogens is 1. The van der Waals surface area contributed by atoms with Crippen LogP contribution in [0.25, 0.3) is 0 Å². The summed E-state index contributed by atoms with van der Waals surface area (Å²) in [6.45, 7) is 9.89. The molecule has 2 aromatic rings. The Labute approximate surface area is 283 Å². The van der Waals surface area contributed by atoms with Crippen LogP contribution >= 0.6 is 11.6 Å². The normalized spacial score (nSPS) is 24.3. The van der Waals surface area contributed by atoms with Gasteiger partial charge in [0.15, 0.2) is 12.4 Å². The van der Waals surface area contributed by atoms with Crippen LogP contribution in [0.1, 0.15) is 101 Å². The Bertz CT molecular complexity index is 1510. The third-order valence-electron chi connectivity index (χ3n) is 10.5. The van der Waals surface area contributed by atoms with Gasteiger partial charge in [-0.05, 0) is 112 Å². The minimum atomic E-state index is -3.82. The van der Waals surface area contributed by atoms with Crippen molar-refractivity contribution in [3.05, 3.63) is 64.4 Å². The molecule has 8 nitrogen and oxygen atoms in total. The molecule has 1 saturated heterocycles. The van der Waals surface area contributed by atoms with Gasteiger partial charge in [0.2, 0.25) is 10.0 Å². The molecule has 256 valence electrons. The highest BCUT2D eigenvalue weighted by Crippen LogP contribution is 2.31. The van der Waals surface area contributed by atoms with Crippen LogP contribution in [-0.2, 0) is 33.1 Å². The molecule has 5 rings (SSSR count). The third kappa shape index (κ3) is 8.72. The standard InChI is InChI=1S/C35H54ClN4O4S2/c1-28(2)31-16-23-39(24-17-31)46(43,44)38-20-7-18-37(27-30-9-5-4-6-10-30)19-8-21-40(29(3)15-22-38)45(41,42)35-14-12-32-25-34(36)13-11-33(32)26-35/h11,13,16-17,23-25,28-30,35H,4-10,12,14-15,18-22,26-27H2,1-3H3/q+1/t29-,35?/m1/s1. The van der Waals surface area contributed by atoms with E-state index in [-0.39, 0.29) is 12.6 Å². The van der Waals surface area contributed by atoms with E-state index in [9.17, 15) is 16.8 Å². The molecule has 0 N–H and O–H groups in total. The van der Waals surface area contributed by atoms with Crippen LogP contribution in [0, 0.1) is 5.92 Å². The van der Waals surface area contributed by atoms with Crippen molar-refractivity contribution in [2.45, 2.75) is 109 Å². The second-order valence-corrected chi connectivity index (χ2v) is 18.5. The van der Waals surface area contributed by atoms with Crippen LogP contribution in [0.15, 0.2) is 42.7 Å². The van der Waals surface area contributed by atoms with E-state index in [2.05, 4.69) is 18.7 Å². The lowest BCUT2D eigenvalue weighted by Gasteiger charge is -2.36. The van der Waals surface area contributed by atoms with Crippen molar-refractivity contribution in [3.8, 4) is 0 Å². The number of nitrogens with zero attached hydrogens (tertiary/aromatic N) is 4. The molecule has 2 heterocycles. The van der Waals surface area contributed by atoms with Crippen molar-refractivity contribution >= 4 is 31.8 Å². The van der Waals surface area contributed by atoms with Crippen LogP contribution < -0.4 is 3.97 Å². The molecule has 46 heavy (non-hydrogen) atoms. The van der Waals surface area contributed by atoms with Gasteiger partial charge in [-0.15, -0.1) is 12.7 Å². The number of hydrogen-bond donors (Lipinski definition) is 0. The number of pyridine rings is 1. The first-order valence-corrected chi connectivity index (χ1v) is 20.7. The van der Waals surface area contributed by atoms with Crippen molar-refractivity contribution in [2.24, 2.45) is 5.92 Å². The molecule has 0 bridgehead atoms. The lowest BCUT2D eigenvalue weighted by Crippen LogP contribution is -2.54. The molecule has 1 saturated carbocycles. The van der Waals surface area contributed by atoms with Gasteiger partial charge < -0.3 is 4.90 Å². The van der Waals surface area contributed by atoms with Gasteiger partial charge in [-0.2, -0.15) is 4.31 Å². The highest BCUT2D eigenvalue weighted by molar-refractivity contribution is 7.89. The Morgan fingerprint density at radius 2 is 1.52 bits per heavy atom. The number of aromatic nitrogens is 1. The SMILES string of the molecule is CC(C)c1cc[n+](S(=O)(=O)N2CCCN(CC3CCCCC3)CCCN(S(=O)(=O)C3CCc4cc(Cl)ccc4C3)[C@H](C)CC2)cc1. The molecule has 0 radical (unpaired) electrons. The van der Waals surface area contributed by atoms with Crippen molar-refractivity contribution in [2.75, 3.05) is 39.3 Å². The maximum Gasteiger partial charge on any atom is 0.447 e. The highest BCUT2D eigenvalue weighted by Gasteiger charge is 2.38. The lowest BCUT2D eigenvalue weighted by molar-refractivity contribution is -0.516. The van der Waals surface area contributed by atoms with Gasteiger partial charge in [-0.1, -0.05) is 54.7 Å². The summed E-state index contributed by atoms with van der Waals surface area (Å²) in [4.78, 5) is 2.48. The quantitative estimate of drug-likeness (QED) is 0.343. The summed E-state index contributed by atoms with van der Waals surface area (Å²) in [7, 11) is -7.45. The van der Waals surface area contributed by atoms with Crippen molar-refractivity contribution in [1.29, 1.82) is 0 Å². The molecule has 3 aliphatic rings. The number of aryl methyl sites for hydroxylation is 1. The van der Waals surface area contributed by atoms with Crippen LogP contribution in [0.4, 0.5) is 0 Å². The zero-order chi connectivity index (χ0) is 32.9. The maximum absolute atomic E-state index is 14.4. The summed E-state index contributed by atoms with van der Waals surface area (Å²) in [5, 5.41) is 0.188. The number of rotatable bonds is 7. The first-order valence-electron chi connectivity index (χ1n) is 17.5. The first-order chi connectivity index (χ1) is 21.9. The summed E-state index contributed by atoms with van der Waals surface area (Å²) < 4.78 is 61.3. The molecule has 2 fully saturated rings. The number of hydrogen-bond acceptors (Lipinski definition) is 5. The minimum Gasteiger partial charge on any atom is -0.303 e. The molecule has 1 aromatic heterocycles. The predicted molar refractivity (Wildman–Crippen MR) is 186 cm³/mol. The summed E-state index contributed by atoms with van der Waals surface area (Å²) >= 11 is 6.23. The number of fused-ring (bicyclic) bond motifs is 1. The number of sulfonamides is 1. The van der Waals surface area contributed by atoms with Gasteiger partial charge in [0.1, 0.15) is 0 Å². The van der Waals surface area contributed by atoms with Crippen LogP contribution in [-0.4, -0.2) is 80.9 Å². The molecule has 1 aliphatic heterocycles. The van der Waals surface area contributed by atoms with Gasteiger partial charge in [0.05, 0.1) is 5.25 Å². The van der Waals surface area contributed by atoms with Crippen molar-refractivity contribution < 1.29 is 20.8 Å². The minimum absolute atomic E-state index is 0.267. The predicted octanol–water partition coefficient (Wildman–Crippen LogP) is 5.79. The number of benzene rings is 1. The summed E-state index contributed by atoms with van der Waals surface area (Å²) in [6, 6.07) is 9.20. The van der Waals surface area contributed by atoms with E-state index in [4.69, 9.17) is 11.6 Å². The van der Waals surface area contributed by atoms with Gasteiger partial charge in [0.25, 0.3) is 0 Å². The van der Waals surface area contributed by atoms with E-state index in [1.165, 1.54) is 36.1 Å². The van der Waals surface area contributed by atoms with Gasteiger partial charge in [0, 0.05) is 49.4 Å². The highest BCUT2D eigenvalue weighted by atomic mass is 35.5. The molecule has 1 aromatic carbocycles. The molecule has 1 unspecified atom stereocenters. The molecular weight excluding hydrogens is 640 g/mol. The zero-order valence-electron chi connectivity index (χ0n) is 28.0.